The highest BCUT2D eigenvalue weighted by Crippen LogP contribution is 2.23. The fraction of sp³-hybridized carbons (Fsp3) is 0.688. The van der Waals surface area contributed by atoms with Crippen molar-refractivity contribution in [2.45, 2.75) is 25.7 Å². The van der Waals surface area contributed by atoms with Crippen molar-refractivity contribution in [2.75, 3.05) is 38.1 Å². The first-order valence-corrected chi connectivity index (χ1v) is 8.42. The molecule has 7 nitrogen and oxygen atoms in total. The number of guanidine groups is 1. The second-order valence-corrected chi connectivity index (χ2v) is 6.42. The Morgan fingerprint density at radius 2 is 2.12 bits per heavy atom. The number of hydrogen-bond acceptors (Lipinski definition) is 3. The molecule has 1 aliphatic heterocycles. The molecule has 24 heavy (non-hydrogen) atoms. The van der Waals surface area contributed by atoms with Gasteiger partial charge < -0.3 is 15.1 Å². The van der Waals surface area contributed by atoms with Gasteiger partial charge in [0, 0.05) is 39.9 Å². The van der Waals surface area contributed by atoms with Crippen molar-refractivity contribution in [3.8, 4) is 0 Å². The smallest absolute Gasteiger partial charge is 0.246 e. The van der Waals surface area contributed by atoms with E-state index in [1.54, 1.807) is 22.8 Å². The van der Waals surface area contributed by atoms with Crippen molar-refractivity contribution in [3.63, 3.8) is 0 Å². The number of aryl methyl sites for hydroxylation is 1. The standard InChI is InChI=1S/C16H26N6O.HI/c1-17-16(18-9-13-5-3-4-6-13)21-7-8-22(15(23)12-21)14-10-19-20(2)11-14;/h10-11,13H,3-9,12H2,1-2H3,(H,17,18);1H. The van der Waals surface area contributed by atoms with Crippen molar-refractivity contribution in [2.24, 2.45) is 18.0 Å². The number of carbonyl (C=O) groups excluding carboxylic acids is 1. The number of hydrogen-bond donors (Lipinski definition) is 1. The topological polar surface area (TPSA) is 65.8 Å². The molecule has 8 heteroatoms. The molecule has 1 amide bonds. The number of nitrogens with one attached hydrogen (secondary N) is 1. The third-order valence-corrected chi connectivity index (χ3v) is 4.76. The number of halogens is 1. The third kappa shape index (κ3) is 4.40. The van der Waals surface area contributed by atoms with Crippen LogP contribution < -0.4 is 10.2 Å². The first-order valence-electron chi connectivity index (χ1n) is 8.42. The lowest BCUT2D eigenvalue weighted by atomic mass is 10.1. The number of rotatable bonds is 3. The second kappa shape index (κ2) is 8.68. The molecule has 2 aliphatic rings. The van der Waals surface area contributed by atoms with Gasteiger partial charge in [0.2, 0.25) is 5.91 Å². The molecule has 0 bridgehead atoms. The SMILES string of the molecule is CN=C(NCC1CCCC1)N1CCN(c2cnn(C)c2)C(=O)C1.I. The third-order valence-electron chi connectivity index (χ3n) is 4.76. The maximum atomic E-state index is 12.5. The predicted octanol–water partition coefficient (Wildman–Crippen LogP) is 1.45. The molecule has 2 heterocycles. The number of aromatic nitrogens is 2. The normalized spacial score (nSPS) is 19.6. The van der Waals surface area contributed by atoms with Crippen molar-refractivity contribution < 1.29 is 4.79 Å². The molecule has 1 saturated carbocycles. The van der Waals surface area contributed by atoms with Gasteiger partial charge in [-0.2, -0.15) is 5.10 Å². The first-order chi connectivity index (χ1) is 11.2. The minimum Gasteiger partial charge on any atom is -0.356 e. The van der Waals surface area contributed by atoms with Gasteiger partial charge in [0.05, 0.1) is 11.9 Å². The number of nitrogens with zero attached hydrogens (tertiary/aromatic N) is 5. The van der Waals surface area contributed by atoms with E-state index in [2.05, 4.69) is 15.4 Å². The van der Waals surface area contributed by atoms with Gasteiger partial charge in [-0.25, -0.2) is 0 Å². The minimum atomic E-state index is 0. The summed E-state index contributed by atoms with van der Waals surface area (Å²) >= 11 is 0. The lowest BCUT2D eigenvalue weighted by molar-refractivity contribution is -0.120. The Morgan fingerprint density at radius 3 is 2.71 bits per heavy atom. The van der Waals surface area contributed by atoms with E-state index in [1.165, 1.54) is 25.7 Å². The number of carbonyl (C=O) groups is 1. The Hall–Kier alpha value is -1.32. The highest BCUT2D eigenvalue weighted by Gasteiger charge is 2.28. The fourth-order valence-electron chi connectivity index (χ4n) is 3.46. The van der Waals surface area contributed by atoms with E-state index >= 15 is 0 Å². The van der Waals surface area contributed by atoms with Crippen LogP contribution in [0.4, 0.5) is 5.69 Å². The Balaban J connectivity index is 0.00000208. The zero-order valence-corrected chi connectivity index (χ0v) is 16.8. The molecule has 1 aromatic heterocycles. The van der Waals surface area contributed by atoms with E-state index in [1.807, 2.05) is 18.1 Å². The molecule has 134 valence electrons. The van der Waals surface area contributed by atoms with Gasteiger partial charge in [0.25, 0.3) is 0 Å². The van der Waals surface area contributed by atoms with Crippen LogP contribution in [0, 0.1) is 5.92 Å². The van der Waals surface area contributed by atoms with E-state index in [9.17, 15) is 4.79 Å². The number of piperazine rings is 1. The minimum absolute atomic E-state index is 0. The van der Waals surface area contributed by atoms with E-state index in [-0.39, 0.29) is 29.9 Å². The molecule has 0 aromatic carbocycles. The van der Waals surface area contributed by atoms with Crippen molar-refractivity contribution in [1.29, 1.82) is 0 Å². The summed E-state index contributed by atoms with van der Waals surface area (Å²) in [5.74, 6) is 1.68. The molecule has 3 rings (SSSR count). The Bertz CT molecular complexity index is 581. The van der Waals surface area contributed by atoms with Crippen LogP contribution in [-0.2, 0) is 11.8 Å². The summed E-state index contributed by atoms with van der Waals surface area (Å²) in [6.45, 7) is 2.77. The summed E-state index contributed by atoms with van der Waals surface area (Å²) in [5, 5.41) is 7.59. The van der Waals surface area contributed by atoms with Crippen LogP contribution in [0.2, 0.25) is 0 Å². The molecular formula is C16H27IN6O. The van der Waals surface area contributed by atoms with Crippen LogP contribution in [0.1, 0.15) is 25.7 Å². The summed E-state index contributed by atoms with van der Waals surface area (Å²) in [6, 6.07) is 0. The quantitative estimate of drug-likeness (QED) is 0.434. The molecule has 1 aliphatic carbocycles. The van der Waals surface area contributed by atoms with Crippen LogP contribution in [0.15, 0.2) is 17.4 Å². The summed E-state index contributed by atoms with van der Waals surface area (Å²) in [6.07, 6.45) is 8.90. The summed E-state index contributed by atoms with van der Waals surface area (Å²) in [4.78, 5) is 20.7. The monoisotopic (exact) mass is 446 g/mol. The molecular weight excluding hydrogens is 419 g/mol. The van der Waals surface area contributed by atoms with Crippen LogP contribution in [0.5, 0.6) is 0 Å². The number of amides is 1. The van der Waals surface area contributed by atoms with Gasteiger partial charge in [-0.3, -0.25) is 14.5 Å². The van der Waals surface area contributed by atoms with E-state index in [4.69, 9.17) is 0 Å². The van der Waals surface area contributed by atoms with Crippen LogP contribution in [-0.4, -0.2) is 59.8 Å². The molecule has 2 fully saturated rings. The summed E-state index contributed by atoms with van der Waals surface area (Å²) in [7, 11) is 3.65. The zero-order chi connectivity index (χ0) is 16.2. The number of aliphatic imine (C=N–C) groups is 1. The van der Waals surface area contributed by atoms with Gasteiger partial charge >= 0.3 is 0 Å². The lowest BCUT2D eigenvalue weighted by Crippen LogP contribution is -2.55. The van der Waals surface area contributed by atoms with Crippen LogP contribution in [0.3, 0.4) is 0 Å². The van der Waals surface area contributed by atoms with Gasteiger partial charge in [-0.05, 0) is 18.8 Å². The maximum absolute atomic E-state index is 12.5. The van der Waals surface area contributed by atoms with E-state index in [0.29, 0.717) is 13.1 Å². The van der Waals surface area contributed by atoms with Crippen molar-refractivity contribution in [1.82, 2.24) is 20.0 Å². The molecule has 0 atom stereocenters. The van der Waals surface area contributed by atoms with E-state index < -0.39 is 0 Å². The Morgan fingerprint density at radius 1 is 1.38 bits per heavy atom. The van der Waals surface area contributed by atoms with Crippen molar-refractivity contribution in [3.05, 3.63) is 12.4 Å². The fourth-order valence-corrected chi connectivity index (χ4v) is 3.46. The molecule has 0 unspecified atom stereocenters. The van der Waals surface area contributed by atoms with Crippen molar-refractivity contribution >= 4 is 41.5 Å². The van der Waals surface area contributed by atoms with Gasteiger partial charge in [-0.15, -0.1) is 24.0 Å². The highest BCUT2D eigenvalue weighted by molar-refractivity contribution is 14.0. The summed E-state index contributed by atoms with van der Waals surface area (Å²) in [5.41, 5.74) is 0.867. The summed E-state index contributed by atoms with van der Waals surface area (Å²) < 4.78 is 1.72. The largest absolute Gasteiger partial charge is 0.356 e. The molecule has 0 radical (unpaired) electrons. The van der Waals surface area contributed by atoms with Gasteiger partial charge in [0.1, 0.15) is 6.54 Å². The molecule has 1 N–H and O–H groups in total. The number of anilines is 1. The molecule has 0 spiro atoms. The average molecular weight is 446 g/mol. The van der Waals surface area contributed by atoms with Gasteiger partial charge in [-0.1, -0.05) is 12.8 Å². The Kier molecular flexibility index (Phi) is 6.88. The van der Waals surface area contributed by atoms with E-state index in [0.717, 1.165) is 30.7 Å². The highest BCUT2D eigenvalue weighted by atomic mass is 127. The Labute approximate surface area is 160 Å². The maximum Gasteiger partial charge on any atom is 0.246 e. The predicted molar refractivity (Wildman–Crippen MR) is 106 cm³/mol. The van der Waals surface area contributed by atoms with Crippen LogP contribution in [0.25, 0.3) is 0 Å². The lowest BCUT2D eigenvalue weighted by Gasteiger charge is -2.35. The molecule has 1 aromatic rings. The van der Waals surface area contributed by atoms with Crippen LogP contribution >= 0.6 is 24.0 Å². The zero-order valence-electron chi connectivity index (χ0n) is 14.4. The second-order valence-electron chi connectivity index (χ2n) is 6.42. The average Bonchev–Trinajstić information content (AvgIpc) is 3.20. The molecule has 1 saturated heterocycles. The first kappa shape index (κ1) is 19.0. The van der Waals surface area contributed by atoms with Gasteiger partial charge in [0.15, 0.2) is 5.96 Å².